The van der Waals surface area contributed by atoms with Crippen LogP contribution in [0, 0.1) is 13.8 Å². The van der Waals surface area contributed by atoms with Crippen LogP contribution in [0.15, 0.2) is 131 Å². The van der Waals surface area contributed by atoms with Crippen LogP contribution in [-0.2, 0) is 20.2 Å². The Morgan fingerprint density at radius 1 is 0.458 bits per heavy atom. The van der Waals surface area contributed by atoms with E-state index in [2.05, 4.69) is 21.3 Å². The molecule has 0 aliphatic rings. The Labute approximate surface area is 278 Å². The molecule has 246 valence electrons. The zero-order valence-electron chi connectivity index (χ0n) is 25.6. The van der Waals surface area contributed by atoms with Gasteiger partial charge in [-0.05, 0) is 122 Å². The van der Waals surface area contributed by atoms with Gasteiger partial charge in [-0.25, -0.2) is 9.59 Å². The molecule has 0 fully saturated rings. The fourth-order valence-electron chi connectivity index (χ4n) is 4.30. The van der Waals surface area contributed by atoms with E-state index in [1.54, 1.807) is 62.4 Å². The lowest BCUT2D eigenvalue weighted by Crippen LogP contribution is -2.20. The topological polar surface area (TPSA) is 169 Å². The van der Waals surface area contributed by atoms with Gasteiger partial charge < -0.3 is 29.6 Å². The van der Waals surface area contributed by atoms with E-state index in [9.17, 15) is 26.4 Å². The average molecular weight is 687 g/mol. The summed E-state index contributed by atoms with van der Waals surface area (Å²) in [5.41, 5.74) is 3.25. The van der Waals surface area contributed by atoms with E-state index in [4.69, 9.17) is 8.37 Å². The predicted octanol–water partition coefficient (Wildman–Crippen LogP) is 7.13. The summed E-state index contributed by atoms with van der Waals surface area (Å²) in [5.74, 6) is 0.176. The molecule has 14 heteroatoms. The van der Waals surface area contributed by atoms with Crippen LogP contribution in [0.2, 0.25) is 0 Å². The molecule has 0 aliphatic heterocycles. The smallest absolute Gasteiger partial charge is 0.339 e. The van der Waals surface area contributed by atoms with Crippen molar-refractivity contribution in [3.8, 4) is 11.5 Å². The van der Waals surface area contributed by atoms with E-state index in [1.807, 2.05) is 0 Å². The minimum Gasteiger partial charge on any atom is -0.379 e. The molecular weight excluding hydrogens is 657 g/mol. The number of carbonyl (C=O) groups is 2. The molecule has 0 aromatic heterocycles. The molecule has 0 aliphatic carbocycles. The Kier molecular flexibility index (Phi) is 9.96. The second kappa shape index (κ2) is 14.3. The molecule has 5 aromatic carbocycles. The van der Waals surface area contributed by atoms with E-state index in [-0.39, 0.29) is 21.3 Å². The Balaban J connectivity index is 1.08. The summed E-state index contributed by atoms with van der Waals surface area (Å²) in [5, 5.41) is 10.6. The predicted molar refractivity (Wildman–Crippen MR) is 183 cm³/mol. The van der Waals surface area contributed by atoms with Crippen molar-refractivity contribution in [2.45, 2.75) is 23.6 Å². The van der Waals surface area contributed by atoms with Crippen molar-refractivity contribution in [2.24, 2.45) is 0 Å². The monoisotopic (exact) mass is 686 g/mol. The number of nitrogens with one attached hydrogen (secondary N) is 4. The third-order valence-corrected chi connectivity index (χ3v) is 9.08. The molecule has 0 heterocycles. The van der Waals surface area contributed by atoms with Crippen LogP contribution in [0.4, 0.5) is 32.3 Å². The van der Waals surface area contributed by atoms with Crippen LogP contribution >= 0.6 is 0 Å². The normalized spacial score (nSPS) is 11.2. The molecular formula is C34H30N4O8S2. The van der Waals surface area contributed by atoms with Gasteiger partial charge in [-0.15, -0.1) is 0 Å². The fraction of sp³-hybridized carbons (Fsp3) is 0.0588. The fourth-order valence-corrected chi connectivity index (χ4v) is 6.38. The number of amides is 4. The summed E-state index contributed by atoms with van der Waals surface area (Å²) >= 11 is 0. The SMILES string of the molecule is Cc1cccc(S(=O)(=O)Oc2ccc(NC(=O)Nc3ccc(NC(=O)Nc4ccc(OS(=O)(=O)c5cccc(C)c5)cc4)cc3)cc2)c1. The highest BCUT2D eigenvalue weighted by Crippen LogP contribution is 2.24. The molecule has 4 N–H and O–H groups in total. The summed E-state index contributed by atoms with van der Waals surface area (Å²) in [6.45, 7) is 3.56. The van der Waals surface area contributed by atoms with Crippen LogP contribution < -0.4 is 29.6 Å². The van der Waals surface area contributed by atoms with Crippen molar-refractivity contribution in [2.75, 3.05) is 21.3 Å². The molecule has 0 bridgehead atoms. The maximum Gasteiger partial charge on any atom is 0.339 e. The van der Waals surface area contributed by atoms with Gasteiger partial charge in [0.15, 0.2) is 0 Å². The summed E-state index contributed by atoms with van der Waals surface area (Å²) in [4.78, 5) is 25.1. The molecule has 4 amide bonds. The van der Waals surface area contributed by atoms with Crippen LogP contribution in [0.5, 0.6) is 11.5 Å². The Morgan fingerprint density at radius 2 is 0.750 bits per heavy atom. The number of hydrogen-bond acceptors (Lipinski definition) is 8. The maximum atomic E-state index is 12.5. The molecule has 12 nitrogen and oxygen atoms in total. The Hall–Kier alpha value is -5.86. The zero-order valence-corrected chi connectivity index (χ0v) is 27.3. The van der Waals surface area contributed by atoms with E-state index < -0.39 is 32.3 Å². The van der Waals surface area contributed by atoms with Gasteiger partial charge in [-0.2, -0.15) is 16.8 Å². The van der Waals surface area contributed by atoms with E-state index in [1.165, 1.54) is 72.8 Å². The largest absolute Gasteiger partial charge is 0.379 e. The first-order valence-corrected chi connectivity index (χ1v) is 17.1. The van der Waals surface area contributed by atoms with Crippen molar-refractivity contribution in [1.82, 2.24) is 0 Å². The zero-order chi connectivity index (χ0) is 34.3. The van der Waals surface area contributed by atoms with Crippen molar-refractivity contribution in [3.63, 3.8) is 0 Å². The number of anilines is 4. The maximum absolute atomic E-state index is 12.5. The van der Waals surface area contributed by atoms with Gasteiger partial charge in [-0.1, -0.05) is 24.3 Å². The molecule has 5 aromatic rings. The lowest BCUT2D eigenvalue weighted by molar-refractivity contribution is 0.261. The van der Waals surface area contributed by atoms with Crippen molar-refractivity contribution in [1.29, 1.82) is 0 Å². The third-order valence-electron chi connectivity index (χ3n) is 6.59. The van der Waals surface area contributed by atoms with E-state index in [0.29, 0.717) is 22.7 Å². The molecule has 48 heavy (non-hydrogen) atoms. The molecule has 0 saturated heterocycles. The number of urea groups is 2. The average Bonchev–Trinajstić information content (AvgIpc) is 3.04. The lowest BCUT2D eigenvalue weighted by Gasteiger charge is -2.11. The van der Waals surface area contributed by atoms with Crippen LogP contribution in [0.25, 0.3) is 0 Å². The summed E-state index contributed by atoms with van der Waals surface area (Å²) < 4.78 is 60.5. The number of carbonyl (C=O) groups excluding carboxylic acids is 2. The van der Waals surface area contributed by atoms with E-state index in [0.717, 1.165) is 11.1 Å². The van der Waals surface area contributed by atoms with Gasteiger partial charge in [0.25, 0.3) is 0 Å². The van der Waals surface area contributed by atoms with Gasteiger partial charge in [0.05, 0.1) is 0 Å². The first-order valence-electron chi connectivity index (χ1n) is 14.3. The second-order valence-corrected chi connectivity index (χ2v) is 13.6. The van der Waals surface area contributed by atoms with Gasteiger partial charge in [0, 0.05) is 22.7 Å². The van der Waals surface area contributed by atoms with Gasteiger partial charge in [0.2, 0.25) is 0 Å². The number of rotatable bonds is 10. The van der Waals surface area contributed by atoms with Gasteiger partial charge in [-0.3, -0.25) is 0 Å². The number of benzene rings is 5. The standard InChI is InChI=1S/C34H30N4O8S2/c1-23-5-3-7-31(21-23)47(41,42)45-29-17-13-27(14-18-29)37-33(39)35-25-9-11-26(12-10-25)36-34(40)38-28-15-19-30(20-16-28)46-48(43,44)32-8-4-6-24(2)22-32/h3-22H,1-2H3,(H2,35,37,39)(H2,36,38,40). The first kappa shape index (κ1) is 33.5. The van der Waals surface area contributed by atoms with Crippen LogP contribution in [0.1, 0.15) is 11.1 Å². The Morgan fingerprint density at radius 3 is 1.04 bits per heavy atom. The molecule has 0 radical (unpaired) electrons. The number of aryl methyl sites for hydroxylation is 2. The highest BCUT2D eigenvalue weighted by atomic mass is 32.2. The van der Waals surface area contributed by atoms with Gasteiger partial charge >= 0.3 is 32.3 Å². The minimum absolute atomic E-state index is 0.0395. The lowest BCUT2D eigenvalue weighted by atomic mass is 10.2. The molecule has 0 spiro atoms. The molecule has 5 rings (SSSR count). The van der Waals surface area contributed by atoms with E-state index >= 15 is 0 Å². The summed E-state index contributed by atoms with van der Waals surface area (Å²) in [6, 6.07) is 29.7. The Bertz CT molecular complexity index is 2000. The minimum atomic E-state index is -4.01. The molecule has 0 atom stereocenters. The number of hydrogen-bond donors (Lipinski definition) is 4. The first-order chi connectivity index (χ1) is 22.8. The molecule has 0 saturated carbocycles. The van der Waals surface area contributed by atoms with Crippen molar-refractivity contribution in [3.05, 3.63) is 132 Å². The molecule has 0 unspecified atom stereocenters. The van der Waals surface area contributed by atoms with Crippen LogP contribution in [0.3, 0.4) is 0 Å². The highest BCUT2D eigenvalue weighted by molar-refractivity contribution is 7.87. The highest BCUT2D eigenvalue weighted by Gasteiger charge is 2.18. The second-order valence-electron chi connectivity index (χ2n) is 10.5. The summed E-state index contributed by atoms with van der Waals surface area (Å²) in [7, 11) is -8.02. The third kappa shape index (κ3) is 9.11. The van der Waals surface area contributed by atoms with Crippen molar-refractivity contribution < 1.29 is 34.8 Å². The van der Waals surface area contributed by atoms with Crippen molar-refractivity contribution >= 4 is 55.0 Å². The van der Waals surface area contributed by atoms with Crippen LogP contribution in [-0.4, -0.2) is 28.9 Å². The van der Waals surface area contributed by atoms with Gasteiger partial charge in [0.1, 0.15) is 21.3 Å². The quantitative estimate of drug-likeness (QED) is 0.113. The summed E-state index contributed by atoms with van der Waals surface area (Å²) in [6.07, 6.45) is 0.